The van der Waals surface area contributed by atoms with Crippen LogP contribution in [-0.4, -0.2) is 38.7 Å². The molecule has 0 spiro atoms. The molecule has 140 valence electrons. The second kappa shape index (κ2) is 8.68. The highest BCUT2D eigenvalue weighted by Gasteiger charge is 2.36. The summed E-state index contributed by atoms with van der Waals surface area (Å²) in [5.41, 5.74) is 1.92. The zero-order chi connectivity index (χ0) is 19.4. The van der Waals surface area contributed by atoms with Gasteiger partial charge < -0.3 is 0 Å². The molecule has 0 unspecified atom stereocenters. The van der Waals surface area contributed by atoms with E-state index in [2.05, 4.69) is 15.5 Å². The van der Waals surface area contributed by atoms with Gasteiger partial charge in [-0.1, -0.05) is 59.0 Å². The molecule has 1 aliphatic rings. The maximum atomic E-state index is 12.2. The van der Waals surface area contributed by atoms with E-state index in [0.717, 1.165) is 32.3 Å². The SMILES string of the molecule is CC(C)=C1SC(=O)N(CC(=O)Nc2nnc(SCc3ccccc3)s2)C1=O. The van der Waals surface area contributed by atoms with E-state index in [1.807, 2.05) is 30.3 Å². The van der Waals surface area contributed by atoms with Crippen LogP contribution in [0.15, 0.2) is 45.1 Å². The number of hydrogen-bond acceptors (Lipinski definition) is 8. The fourth-order valence-corrected chi connectivity index (χ4v) is 4.74. The molecule has 7 nitrogen and oxygen atoms in total. The molecule has 0 saturated carbocycles. The number of rotatable bonds is 6. The van der Waals surface area contributed by atoms with Gasteiger partial charge in [0.25, 0.3) is 11.1 Å². The van der Waals surface area contributed by atoms with E-state index in [9.17, 15) is 14.4 Å². The molecular formula is C17H16N4O3S3. The van der Waals surface area contributed by atoms with Crippen LogP contribution in [0.3, 0.4) is 0 Å². The summed E-state index contributed by atoms with van der Waals surface area (Å²) >= 11 is 3.63. The van der Waals surface area contributed by atoms with Crippen LogP contribution in [0.2, 0.25) is 0 Å². The normalized spacial score (nSPS) is 14.0. The minimum absolute atomic E-state index is 0.338. The van der Waals surface area contributed by atoms with Crippen molar-refractivity contribution in [3.05, 3.63) is 46.4 Å². The van der Waals surface area contributed by atoms with E-state index >= 15 is 0 Å². The first-order valence-corrected chi connectivity index (χ1v) is 10.6. The van der Waals surface area contributed by atoms with Gasteiger partial charge in [-0.2, -0.15) is 0 Å². The standard InChI is InChI=1S/C17H16N4O3S3/c1-10(2)13-14(23)21(17(24)26-13)8-12(22)18-15-19-20-16(27-15)25-9-11-6-4-3-5-7-11/h3-7H,8-9H2,1-2H3,(H,18,19,22). The zero-order valence-corrected chi connectivity index (χ0v) is 17.0. The monoisotopic (exact) mass is 420 g/mol. The predicted octanol–water partition coefficient (Wildman–Crippen LogP) is 3.76. The molecule has 2 aromatic rings. The third-order valence-electron chi connectivity index (χ3n) is 3.46. The van der Waals surface area contributed by atoms with Gasteiger partial charge in [0, 0.05) is 5.75 Å². The third kappa shape index (κ3) is 4.96. The summed E-state index contributed by atoms with van der Waals surface area (Å²) in [5.74, 6) is -0.164. The van der Waals surface area contributed by atoms with Gasteiger partial charge in [-0.25, -0.2) is 0 Å². The van der Waals surface area contributed by atoms with E-state index in [-0.39, 0.29) is 6.54 Å². The maximum absolute atomic E-state index is 12.2. The van der Waals surface area contributed by atoms with Crippen molar-refractivity contribution >= 4 is 57.0 Å². The summed E-state index contributed by atoms with van der Waals surface area (Å²) in [5, 5.41) is 10.5. The molecule has 1 saturated heterocycles. The van der Waals surface area contributed by atoms with Crippen LogP contribution < -0.4 is 5.32 Å². The number of carbonyl (C=O) groups excluding carboxylic acids is 3. The van der Waals surface area contributed by atoms with Gasteiger partial charge in [0.15, 0.2) is 4.34 Å². The number of thioether (sulfide) groups is 2. The molecule has 27 heavy (non-hydrogen) atoms. The second-order valence-electron chi connectivity index (χ2n) is 5.78. The number of hydrogen-bond donors (Lipinski definition) is 1. The largest absolute Gasteiger partial charge is 0.299 e. The average molecular weight is 421 g/mol. The minimum atomic E-state index is -0.483. The van der Waals surface area contributed by atoms with E-state index < -0.39 is 17.1 Å². The molecule has 10 heteroatoms. The molecule has 0 bridgehead atoms. The van der Waals surface area contributed by atoms with Crippen LogP contribution in [0.4, 0.5) is 9.93 Å². The van der Waals surface area contributed by atoms with Gasteiger partial charge in [-0.05, 0) is 31.2 Å². The van der Waals surface area contributed by atoms with Crippen LogP contribution in [-0.2, 0) is 15.3 Å². The summed E-state index contributed by atoms with van der Waals surface area (Å²) in [6.45, 7) is 3.17. The Bertz CT molecular complexity index is 907. The number of nitrogens with one attached hydrogen (secondary N) is 1. The van der Waals surface area contributed by atoms with Crippen LogP contribution in [0.1, 0.15) is 19.4 Å². The fourth-order valence-electron chi connectivity index (χ4n) is 2.18. The lowest BCUT2D eigenvalue weighted by Crippen LogP contribution is -2.36. The first-order valence-electron chi connectivity index (χ1n) is 7.95. The molecule has 1 fully saturated rings. The summed E-state index contributed by atoms with van der Waals surface area (Å²) < 4.78 is 0.727. The van der Waals surface area contributed by atoms with Crippen LogP contribution >= 0.6 is 34.9 Å². The maximum Gasteiger partial charge on any atom is 0.294 e. The highest BCUT2D eigenvalue weighted by atomic mass is 32.2. The van der Waals surface area contributed by atoms with Crippen molar-refractivity contribution < 1.29 is 14.4 Å². The van der Waals surface area contributed by atoms with Crippen molar-refractivity contribution in [2.45, 2.75) is 23.9 Å². The van der Waals surface area contributed by atoms with Gasteiger partial charge >= 0.3 is 0 Å². The number of aromatic nitrogens is 2. The zero-order valence-electron chi connectivity index (χ0n) is 14.6. The molecule has 1 aromatic heterocycles. The number of amides is 3. The number of carbonyl (C=O) groups is 3. The molecular weight excluding hydrogens is 404 g/mol. The van der Waals surface area contributed by atoms with E-state index in [1.165, 1.54) is 28.7 Å². The molecule has 2 heterocycles. The Hall–Kier alpha value is -2.17. The average Bonchev–Trinajstić information content (AvgIpc) is 3.20. The van der Waals surface area contributed by atoms with Crippen LogP contribution in [0.5, 0.6) is 0 Å². The van der Waals surface area contributed by atoms with E-state index in [0.29, 0.717) is 10.0 Å². The second-order valence-corrected chi connectivity index (χ2v) is 8.95. The van der Waals surface area contributed by atoms with Crippen molar-refractivity contribution in [3.63, 3.8) is 0 Å². The van der Waals surface area contributed by atoms with Gasteiger partial charge in [0.2, 0.25) is 11.0 Å². The Morgan fingerprint density at radius 2 is 1.93 bits per heavy atom. The van der Waals surface area contributed by atoms with Crippen LogP contribution in [0, 0.1) is 0 Å². The van der Waals surface area contributed by atoms with Crippen molar-refractivity contribution in [1.29, 1.82) is 0 Å². The fraction of sp³-hybridized carbons (Fsp3) is 0.235. The van der Waals surface area contributed by atoms with Crippen molar-refractivity contribution in [2.75, 3.05) is 11.9 Å². The first-order chi connectivity index (χ1) is 12.9. The molecule has 3 amide bonds. The lowest BCUT2D eigenvalue weighted by molar-refractivity contribution is -0.127. The van der Waals surface area contributed by atoms with Gasteiger partial charge in [-0.15, -0.1) is 10.2 Å². The Morgan fingerprint density at radius 1 is 1.19 bits per heavy atom. The Labute approximate surface area is 168 Å². The molecule has 0 aliphatic carbocycles. The molecule has 0 atom stereocenters. The number of benzene rings is 1. The number of nitrogens with zero attached hydrogens (tertiary/aromatic N) is 3. The van der Waals surface area contributed by atoms with Gasteiger partial charge in [-0.3, -0.25) is 24.6 Å². The van der Waals surface area contributed by atoms with Crippen molar-refractivity contribution in [3.8, 4) is 0 Å². The summed E-state index contributed by atoms with van der Waals surface area (Å²) in [7, 11) is 0. The number of imide groups is 1. The molecule has 0 radical (unpaired) electrons. The summed E-state index contributed by atoms with van der Waals surface area (Å²) in [4.78, 5) is 37.6. The Kier molecular flexibility index (Phi) is 6.30. The highest BCUT2D eigenvalue weighted by molar-refractivity contribution is 8.18. The molecule has 1 aromatic carbocycles. The van der Waals surface area contributed by atoms with Crippen LogP contribution in [0.25, 0.3) is 0 Å². The van der Waals surface area contributed by atoms with Gasteiger partial charge in [0.05, 0.1) is 4.91 Å². The molecule has 1 N–H and O–H groups in total. The lowest BCUT2D eigenvalue weighted by atomic mass is 10.2. The third-order valence-corrected chi connectivity index (χ3v) is 6.69. The molecule has 3 rings (SSSR count). The Balaban J connectivity index is 1.54. The summed E-state index contributed by atoms with van der Waals surface area (Å²) in [6.07, 6.45) is 0. The summed E-state index contributed by atoms with van der Waals surface area (Å²) in [6, 6.07) is 9.96. The van der Waals surface area contributed by atoms with E-state index in [4.69, 9.17) is 0 Å². The van der Waals surface area contributed by atoms with Crippen molar-refractivity contribution in [2.24, 2.45) is 0 Å². The van der Waals surface area contributed by atoms with Gasteiger partial charge in [0.1, 0.15) is 6.54 Å². The molecule has 1 aliphatic heterocycles. The quantitative estimate of drug-likeness (QED) is 0.432. The number of allylic oxidation sites excluding steroid dienone is 1. The Morgan fingerprint density at radius 3 is 2.59 bits per heavy atom. The van der Waals surface area contributed by atoms with E-state index in [1.54, 1.807) is 13.8 Å². The topological polar surface area (TPSA) is 92.3 Å². The number of anilines is 1. The lowest BCUT2D eigenvalue weighted by Gasteiger charge is -2.11. The highest BCUT2D eigenvalue weighted by Crippen LogP contribution is 2.33. The van der Waals surface area contributed by atoms with Crippen molar-refractivity contribution in [1.82, 2.24) is 15.1 Å². The minimum Gasteiger partial charge on any atom is -0.299 e. The predicted molar refractivity (Wildman–Crippen MR) is 108 cm³/mol. The smallest absolute Gasteiger partial charge is 0.294 e. The first kappa shape index (κ1) is 19.6.